The molecule has 154 valence electrons. The number of aromatic amines is 1. The third kappa shape index (κ3) is 4.05. The maximum absolute atomic E-state index is 13.9. The van der Waals surface area contributed by atoms with Crippen LogP contribution in [0.4, 0.5) is 18.0 Å². The first kappa shape index (κ1) is 20.4. The second-order valence-electron chi connectivity index (χ2n) is 7.11. The fourth-order valence-electron chi connectivity index (χ4n) is 3.80. The Bertz CT molecular complexity index is 832. The van der Waals surface area contributed by atoms with Crippen LogP contribution in [0.1, 0.15) is 49.9 Å². The minimum atomic E-state index is -4.57. The monoisotopic (exact) mass is 397 g/mol. The van der Waals surface area contributed by atoms with E-state index in [1.54, 1.807) is 18.2 Å². The Hall–Kier alpha value is -2.38. The molecule has 2 heterocycles. The van der Waals surface area contributed by atoms with E-state index in [2.05, 4.69) is 17.2 Å². The van der Waals surface area contributed by atoms with Gasteiger partial charge in [0.25, 0.3) is 0 Å². The molecule has 1 aromatic carbocycles. The Morgan fingerprint density at radius 1 is 1.32 bits per heavy atom. The number of alkyl halides is 3. The van der Waals surface area contributed by atoms with Crippen LogP contribution in [0.2, 0.25) is 0 Å². The summed E-state index contributed by atoms with van der Waals surface area (Å²) in [4.78, 5) is 16.3. The number of unbranched alkanes of at least 4 members (excludes halogenated alkanes) is 3. The Morgan fingerprint density at radius 2 is 2.11 bits per heavy atom. The highest BCUT2D eigenvalue weighted by atomic mass is 19.4. The molecule has 8 heteroatoms. The van der Waals surface area contributed by atoms with Gasteiger partial charge in [-0.1, -0.05) is 26.2 Å². The lowest BCUT2D eigenvalue weighted by molar-refractivity contribution is -0.181. The number of fused-ring (bicyclic) bond motifs is 3. The van der Waals surface area contributed by atoms with Gasteiger partial charge in [0.05, 0.1) is 12.8 Å². The van der Waals surface area contributed by atoms with E-state index in [9.17, 15) is 18.0 Å². The van der Waals surface area contributed by atoms with Crippen molar-refractivity contribution in [3.05, 3.63) is 29.5 Å². The van der Waals surface area contributed by atoms with Crippen molar-refractivity contribution >= 4 is 16.9 Å². The first-order valence-corrected chi connectivity index (χ1v) is 9.66. The number of rotatable bonds is 6. The highest BCUT2D eigenvalue weighted by Crippen LogP contribution is 2.44. The van der Waals surface area contributed by atoms with Gasteiger partial charge in [-0.2, -0.15) is 13.2 Å². The number of amides is 2. The number of nitrogens with one attached hydrogen (secondary N) is 2. The molecule has 0 radical (unpaired) electrons. The van der Waals surface area contributed by atoms with E-state index in [-0.39, 0.29) is 12.2 Å². The summed E-state index contributed by atoms with van der Waals surface area (Å²) in [6.45, 7) is 2.48. The quantitative estimate of drug-likeness (QED) is 0.679. The Kier molecular flexibility index (Phi) is 6.05. The van der Waals surface area contributed by atoms with Crippen LogP contribution >= 0.6 is 0 Å². The third-order valence-corrected chi connectivity index (χ3v) is 5.21. The number of urea groups is 1. The smallest absolute Gasteiger partial charge is 0.414 e. The standard InChI is InChI=1S/C20H26F3N3O2/c1-3-4-5-6-10-24-19(27)26-11-9-14-15-12-13(28-2)7-8-16(15)25-17(14)18(26)20(21,22)23/h7-8,12,18,25H,3-6,9-11H2,1-2H3,(H,24,27). The molecule has 1 aliphatic rings. The van der Waals surface area contributed by atoms with E-state index in [4.69, 9.17) is 4.74 Å². The molecule has 0 bridgehead atoms. The molecule has 0 saturated heterocycles. The van der Waals surface area contributed by atoms with Crippen molar-refractivity contribution in [1.29, 1.82) is 0 Å². The van der Waals surface area contributed by atoms with E-state index >= 15 is 0 Å². The fourth-order valence-corrected chi connectivity index (χ4v) is 3.80. The molecular weight excluding hydrogens is 371 g/mol. The first-order valence-electron chi connectivity index (χ1n) is 9.66. The zero-order valence-electron chi connectivity index (χ0n) is 16.2. The van der Waals surface area contributed by atoms with Crippen LogP contribution in [0.5, 0.6) is 5.75 Å². The molecule has 1 unspecified atom stereocenters. The summed E-state index contributed by atoms with van der Waals surface area (Å²) in [7, 11) is 1.52. The van der Waals surface area contributed by atoms with Gasteiger partial charge in [-0.05, 0) is 36.6 Å². The van der Waals surface area contributed by atoms with Crippen molar-refractivity contribution in [2.24, 2.45) is 0 Å². The number of benzene rings is 1. The molecule has 1 aromatic heterocycles. The van der Waals surface area contributed by atoms with Gasteiger partial charge in [0.1, 0.15) is 5.75 Å². The predicted octanol–water partition coefficient (Wildman–Crippen LogP) is 4.93. The molecule has 0 aliphatic carbocycles. The van der Waals surface area contributed by atoms with Crippen molar-refractivity contribution in [3.63, 3.8) is 0 Å². The summed E-state index contributed by atoms with van der Waals surface area (Å²) in [6, 6.07) is 2.50. The molecule has 2 N–H and O–H groups in total. The van der Waals surface area contributed by atoms with Gasteiger partial charge in [-0.3, -0.25) is 0 Å². The maximum atomic E-state index is 13.9. The number of hydrogen-bond donors (Lipinski definition) is 2. The minimum Gasteiger partial charge on any atom is -0.497 e. The second-order valence-corrected chi connectivity index (χ2v) is 7.11. The van der Waals surface area contributed by atoms with Gasteiger partial charge in [0, 0.05) is 24.0 Å². The number of nitrogens with zero attached hydrogens (tertiary/aromatic N) is 1. The molecule has 1 atom stereocenters. The number of ether oxygens (including phenoxy) is 1. The largest absolute Gasteiger partial charge is 0.497 e. The third-order valence-electron chi connectivity index (χ3n) is 5.21. The van der Waals surface area contributed by atoms with E-state index < -0.39 is 18.2 Å². The highest BCUT2D eigenvalue weighted by molar-refractivity contribution is 5.87. The van der Waals surface area contributed by atoms with Crippen LogP contribution < -0.4 is 10.1 Å². The summed E-state index contributed by atoms with van der Waals surface area (Å²) in [5, 5.41) is 3.36. The molecule has 3 rings (SSSR count). The number of halogens is 3. The lowest BCUT2D eigenvalue weighted by Crippen LogP contribution is -2.50. The summed E-state index contributed by atoms with van der Waals surface area (Å²) < 4.78 is 47.0. The molecule has 0 saturated carbocycles. The van der Waals surface area contributed by atoms with Crippen molar-refractivity contribution in [2.75, 3.05) is 20.2 Å². The number of carbonyl (C=O) groups is 1. The van der Waals surface area contributed by atoms with Crippen LogP contribution in [0.3, 0.4) is 0 Å². The summed E-state index contributed by atoms with van der Waals surface area (Å²) >= 11 is 0. The van der Waals surface area contributed by atoms with E-state index in [0.29, 0.717) is 35.2 Å². The van der Waals surface area contributed by atoms with Crippen LogP contribution in [-0.2, 0) is 6.42 Å². The normalized spacial score (nSPS) is 16.9. The van der Waals surface area contributed by atoms with E-state index in [1.807, 2.05) is 0 Å². The molecule has 0 spiro atoms. The molecule has 0 fully saturated rings. The number of aromatic nitrogens is 1. The summed E-state index contributed by atoms with van der Waals surface area (Å²) in [6.07, 6.45) is -0.385. The maximum Gasteiger partial charge on any atom is 0.414 e. The molecule has 2 aromatic rings. The zero-order valence-corrected chi connectivity index (χ0v) is 16.2. The average Bonchev–Trinajstić information content (AvgIpc) is 3.03. The predicted molar refractivity (Wildman–Crippen MR) is 102 cm³/mol. The van der Waals surface area contributed by atoms with Crippen LogP contribution in [0, 0.1) is 0 Å². The molecule has 28 heavy (non-hydrogen) atoms. The Labute approximate surface area is 162 Å². The van der Waals surface area contributed by atoms with Crippen molar-refractivity contribution in [3.8, 4) is 5.75 Å². The van der Waals surface area contributed by atoms with E-state index in [1.165, 1.54) is 7.11 Å². The highest BCUT2D eigenvalue weighted by Gasteiger charge is 2.50. The van der Waals surface area contributed by atoms with Gasteiger partial charge >= 0.3 is 12.2 Å². The lowest BCUT2D eigenvalue weighted by Gasteiger charge is -2.36. The molecule has 1 aliphatic heterocycles. The number of methoxy groups -OCH3 is 1. The van der Waals surface area contributed by atoms with Gasteiger partial charge < -0.3 is 19.9 Å². The second kappa shape index (κ2) is 8.32. The molecule has 2 amide bonds. The van der Waals surface area contributed by atoms with Gasteiger partial charge in [0.2, 0.25) is 0 Å². The number of carbonyl (C=O) groups excluding carboxylic acids is 1. The molecular formula is C20H26F3N3O2. The van der Waals surface area contributed by atoms with Crippen LogP contribution in [-0.4, -0.2) is 42.3 Å². The zero-order chi connectivity index (χ0) is 20.3. The Balaban J connectivity index is 1.86. The summed E-state index contributed by atoms with van der Waals surface area (Å²) in [5.74, 6) is 0.588. The van der Waals surface area contributed by atoms with Crippen LogP contribution in [0.25, 0.3) is 10.9 Å². The topological polar surface area (TPSA) is 57.4 Å². The van der Waals surface area contributed by atoms with Crippen molar-refractivity contribution in [2.45, 2.75) is 51.2 Å². The first-order chi connectivity index (χ1) is 13.4. The van der Waals surface area contributed by atoms with Gasteiger partial charge in [-0.15, -0.1) is 0 Å². The van der Waals surface area contributed by atoms with E-state index in [0.717, 1.165) is 30.6 Å². The Morgan fingerprint density at radius 3 is 2.79 bits per heavy atom. The SMILES string of the molecule is CCCCCCNC(=O)N1CCc2c([nH]c3ccc(OC)cc23)C1C(F)(F)F. The van der Waals surface area contributed by atoms with Gasteiger partial charge in [0.15, 0.2) is 6.04 Å². The van der Waals surface area contributed by atoms with Crippen molar-refractivity contribution in [1.82, 2.24) is 15.2 Å². The average molecular weight is 397 g/mol. The van der Waals surface area contributed by atoms with Crippen LogP contribution in [0.15, 0.2) is 18.2 Å². The minimum absolute atomic E-state index is 0.0160. The molecule has 5 nitrogen and oxygen atoms in total. The number of H-pyrrole nitrogens is 1. The van der Waals surface area contributed by atoms with Gasteiger partial charge in [-0.25, -0.2) is 4.79 Å². The lowest BCUT2D eigenvalue weighted by atomic mass is 9.97. The number of hydrogen-bond acceptors (Lipinski definition) is 2. The fraction of sp³-hybridized carbons (Fsp3) is 0.550. The van der Waals surface area contributed by atoms with Crippen molar-refractivity contribution < 1.29 is 22.7 Å². The summed E-state index contributed by atoms with van der Waals surface area (Å²) in [5.41, 5.74) is 1.26.